The number of pyridine rings is 1. The maximum Gasteiger partial charge on any atom is 0.102 e. The van der Waals surface area contributed by atoms with E-state index in [9.17, 15) is 5.26 Å². The summed E-state index contributed by atoms with van der Waals surface area (Å²) < 4.78 is 2.05. The fraction of sp³-hybridized carbons (Fsp3) is 0.438. The summed E-state index contributed by atoms with van der Waals surface area (Å²) in [5.74, 6) is 0. The van der Waals surface area contributed by atoms with Crippen LogP contribution >= 0.6 is 0 Å². The zero-order valence-corrected chi connectivity index (χ0v) is 12.0. The van der Waals surface area contributed by atoms with Crippen molar-refractivity contribution in [3.05, 3.63) is 41.7 Å². The second-order valence-corrected chi connectivity index (χ2v) is 5.66. The Balaban J connectivity index is 1.96. The predicted molar refractivity (Wildman–Crippen MR) is 79.4 cm³/mol. The molecule has 2 aromatic rings. The zero-order chi connectivity index (χ0) is 14.1. The summed E-state index contributed by atoms with van der Waals surface area (Å²) in [7, 11) is 0. The van der Waals surface area contributed by atoms with E-state index in [1.54, 1.807) is 0 Å². The fourth-order valence-electron chi connectivity index (χ4n) is 3.10. The molecular formula is C16H20N4. The monoisotopic (exact) mass is 268 g/mol. The third-order valence-corrected chi connectivity index (χ3v) is 4.24. The predicted octanol–water partition coefficient (Wildman–Crippen LogP) is 1.99. The van der Waals surface area contributed by atoms with Crippen LogP contribution in [0.2, 0.25) is 0 Å². The number of fused-ring (bicyclic) bond motifs is 1. The molecule has 2 aromatic heterocycles. The third kappa shape index (κ3) is 2.20. The van der Waals surface area contributed by atoms with E-state index in [1.807, 2.05) is 28.8 Å². The van der Waals surface area contributed by atoms with Gasteiger partial charge >= 0.3 is 0 Å². The number of rotatable bonds is 2. The summed E-state index contributed by atoms with van der Waals surface area (Å²) in [6.45, 7) is 7.35. The average Bonchev–Trinajstić information content (AvgIpc) is 2.80. The highest BCUT2D eigenvalue weighted by Crippen LogP contribution is 2.22. The van der Waals surface area contributed by atoms with E-state index in [1.165, 1.54) is 0 Å². The first-order chi connectivity index (χ1) is 9.70. The summed E-state index contributed by atoms with van der Waals surface area (Å²) >= 11 is 0. The van der Waals surface area contributed by atoms with Crippen LogP contribution in [0.4, 0.5) is 0 Å². The fourth-order valence-corrected chi connectivity index (χ4v) is 3.10. The molecule has 4 nitrogen and oxygen atoms in total. The summed E-state index contributed by atoms with van der Waals surface area (Å²) in [4.78, 5) is 2.48. The zero-order valence-electron chi connectivity index (χ0n) is 12.0. The average molecular weight is 268 g/mol. The molecule has 104 valence electrons. The number of nitrogens with one attached hydrogen (secondary N) is 1. The molecule has 0 bridgehead atoms. The summed E-state index contributed by atoms with van der Waals surface area (Å²) in [6.07, 6.45) is 4.10. The molecule has 0 amide bonds. The Morgan fingerprint density at radius 2 is 2.05 bits per heavy atom. The summed E-state index contributed by atoms with van der Waals surface area (Å²) in [6, 6.07) is 9.35. The quantitative estimate of drug-likeness (QED) is 0.906. The molecule has 1 aliphatic rings. The van der Waals surface area contributed by atoms with Gasteiger partial charge in [0, 0.05) is 49.7 Å². The van der Waals surface area contributed by atoms with Gasteiger partial charge in [0.25, 0.3) is 0 Å². The van der Waals surface area contributed by atoms with Crippen LogP contribution in [0.5, 0.6) is 0 Å². The van der Waals surface area contributed by atoms with Gasteiger partial charge in [-0.3, -0.25) is 4.90 Å². The normalized spacial score (nSPS) is 23.9. The molecule has 1 N–H and O–H groups in total. The van der Waals surface area contributed by atoms with Crippen molar-refractivity contribution in [3.63, 3.8) is 0 Å². The van der Waals surface area contributed by atoms with E-state index in [-0.39, 0.29) is 0 Å². The summed E-state index contributed by atoms with van der Waals surface area (Å²) in [5, 5.41) is 12.9. The molecule has 0 saturated carbocycles. The van der Waals surface area contributed by atoms with Gasteiger partial charge in [-0.2, -0.15) is 5.26 Å². The minimum Gasteiger partial charge on any atom is -0.322 e. The highest BCUT2D eigenvalue weighted by Gasteiger charge is 2.25. The lowest BCUT2D eigenvalue weighted by atomic mass is 10.1. The highest BCUT2D eigenvalue weighted by atomic mass is 15.2. The van der Waals surface area contributed by atoms with Crippen molar-refractivity contribution in [2.45, 2.75) is 32.5 Å². The van der Waals surface area contributed by atoms with Crippen molar-refractivity contribution in [3.8, 4) is 6.07 Å². The third-order valence-electron chi connectivity index (χ3n) is 4.24. The number of nitriles is 1. The van der Waals surface area contributed by atoms with Gasteiger partial charge in [-0.25, -0.2) is 0 Å². The Hall–Kier alpha value is -1.83. The van der Waals surface area contributed by atoms with Crippen molar-refractivity contribution < 1.29 is 0 Å². The number of piperazine rings is 1. The molecule has 2 unspecified atom stereocenters. The Morgan fingerprint density at radius 1 is 1.30 bits per heavy atom. The minimum absolute atomic E-state index is 0.494. The maximum absolute atomic E-state index is 9.47. The molecule has 1 aliphatic heterocycles. The van der Waals surface area contributed by atoms with Gasteiger partial charge < -0.3 is 9.72 Å². The van der Waals surface area contributed by atoms with Crippen molar-refractivity contribution >= 4 is 5.52 Å². The molecule has 3 rings (SSSR count). The molecule has 1 saturated heterocycles. The number of hydrogen-bond donors (Lipinski definition) is 1. The van der Waals surface area contributed by atoms with E-state index in [0.29, 0.717) is 12.1 Å². The molecule has 0 aliphatic carbocycles. The van der Waals surface area contributed by atoms with Crippen molar-refractivity contribution in [2.75, 3.05) is 13.1 Å². The van der Waals surface area contributed by atoms with Gasteiger partial charge in [0.15, 0.2) is 0 Å². The number of aromatic nitrogens is 1. The first kappa shape index (κ1) is 13.2. The Bertz CT molecular complexity index is 642. The van der Waals surface area contributed by atoms with E-state index in [4.69, 9.17) is 0 Å². The van der Waals surface area contributed by atoms with Crippen molar-refractivity contribution in [1.29, 1.82) is 5.26 Å². The molecule has 1 fully saturated rings. The van der Waals surface area contributed by atoms with Gasteiger partial charge in [-0.1, -0.05) is 6.07 Å². The lowest BCUT2D eigenvalue weighted by molar-refractivity contribution is 0.109. The van der Waals surface area contributed by atoms with Gasteiger partial charge in [0.1, 0.15) is 6.07 Å². The van der Waals surface area contributed by atoms with E-state index in [0.717, 1.165) is 36.3 Å². The molecule has 20 heavy (non-hydrogen) atoms. The molecule has 2 atom stereocenters. The molecule has 3 heterocycles. The first-order valence-corrected chi connectivity index (χ1v) is 7.16. The van der Waals surface area contributed by atoms with Gasteiger partial charge in [-0.15, -0.1) is 0 Å². The lowest BCUT2D eigenvalue weighted by Crippen LogP contribution is -2.54. The SMILES string of the molecule is CC1CNCC(C)N1Cc1cn2ccccc2c1C#N. The molecular weight excluding hydrogens is 248 g/mol. The van der Waals surface area contributed by atoms with Crippen LogP contribution in [0.25, 0.3) is 5.52 Å². The number of nitrogens with zero attached hydrogens (tertiary/aromatic N) is 3. The standard InChI is InChI=1S/C16H20N4/c1-12-8-18-9-13(2)20(12)11-14-10-19-6-4-3-5-16(19)15(14)7-17/h3-6,10,12-13,18H,8-9,11H2,1-2H3. The van der Waals surface area contributed by atoms with Gasteiger partial charge in [-0.05, 0) is 26.0 Å². The molecule has 4 heteroatoms. The molecule has 0 aromatic carbocycles. The van der Waals surface area contributed by atoms with Crippen LogP contribution in [-0.2, 0) is 6.54 Å². The van der Waals surface area contributed by atoms with Crippen molar-refractivity contribution in [1.82, 2.24) is 14.6 Å². The Morgan fingerprint density at radius 3 is 2.75 bits per heavy atom. The maximum atomic E-state index is 9.47. The van der Waals surface area contributed by atoms with Crippen LogP contribution in [-0.4, -0.2) is 34.5 Å². The molecule has 0 spiro atoms. The van der Waals surface area contributed by atoms with Crippen molar-refractivity contribution in [2.24, 2.45) is 0 Å². The lowest BCUT2D eigenvalue weighted by Gasteiger charge is -2.39. The first-order valence-electron chi connectivity index (χ1n) is 7.16. The summed E-state index contributed by atoms with van der Waals surface area (Å²) in [5.41, 5.74) is 2.93. The van der Waals surface area contributed by atoms with Crippen LogP contribution in [0, 0.1) is 11.3 Å². The van der Waals surface area contributed by atoms with Gasteiger partial charge in [0.05, 0.1) is 11.1 Å². The Kier molecular flexibility index (Phi) is 3.47. The largest absolute Gasteiger partial charge is 0.322 e. The second-order valence-electron chi connectivity index (χ2n) is 5.66. The van der Waals surface area contributed by atoms with Crippen LogP contribution in [0.1, 0.15) is 25.0 Å². The van der Waals surface area contributed by atoms with Crippen LogP contribution < -0.4 is 5.32 Å². The second kappa shape index (κ2) is 5.28. The smallest absolute Gasteiger partial charge is 0.102 e. The minimum atomic E-state index is 0.494. The van der Waals surface area contributed by atoms with Crippen LogP contribution in [0.15, 0.2) is 30.6 Å². The van der Waals surface area contributed by atoms with E-state index < -0.39 is 0 Å². The number of hydrogen-bond acceptors (Lipinski definition) is 3. The van der Waals surface area contributed by atoms with E-state index >= 15 is 0 Å². The topological polar surface area (TPSA) is 43.5 Å². The Labute approximate surface area is 119 Å². The van der Waals surface area contributed by atoms with E-state index in [2.05, 4.69) is 36.3 Å². The van der Waals surface area contributed by atoms with Crippen LogP contribution in [0.3, 0.4) is 0 Å². The highest BCUT2D eigenvalue weighted by molar-refractivity contribution is 5.65. The van der Waals surface area contributed by atoms with Gasteiger partial charge in [0.2, 0.25) is 0 Å². The molecule has 0 radical (unpaired) electrons.